The second-order valence-electron chi connectivity index (χ2n) is 13.6. The summed E-state index contributed by atoms with van der Waals surface area (Å²) in [5.74, 6) is -0.0692. The van der Waals surface area contributed by atoms with E-state index in [1.165, 1.54) is 12.1 Å². The molecule has 2 fully saturated rings. The van der Waals surface area contributed by atoms with E-state index in [1.807, 2.05) is 36.4 Å². The first-order valence-electron chi connectivity index (χ1n) is 18.7. The number of nitrogens with one attached hydrogen (secondary N) is 2. The zero-order valence-electron chi connectivity index (χ0n) is 31.1. The van der Waals surface area contributed by atoms with E-state index >= 15 is 0 Å². The van der Waals surface area contributed by atoms with Gasteiger partial charge in [0.2, 0.25) is 11.8 Å². The number of aryl methyl sites for hydroxylation is 1. The van der Waals surface area contributed by atoms with E-state index in [-0.39, 0.29) is 17.5 Å². The van der Waals surface area contributed by atoms with Crippen molar-refractivity contribution in [2.45, 2.75) is 31.9 Å². The van der Waals surface area contributed by atoms with Crippen LogP contribution in [0, 0.1) is 11.6 Å². The van der Waals surface area contributed by atoms with Gasteiger partial charge in [0, 0.05) is 88.0 Å². The molecule has 2 aromatic carbocycles. The summed E-state index contributed by atoms with van der Waals surface area (Å²) in [5, 5.41) is 17.1. The third-order valence-electron chi connectivity index (χ3n) is 9.69. The number of aliphatic carboxylic acids is 1. The minimum atomic E-state index is -5.08. The molecule has 6 heterocycles. The summed E-state index contributed by atoms with van der Waals surface area (Å²) in [6.45, 7) is 9.24. The molecule has 2 saturated heterocycles. The number of carboxylic acid groups (broad SMARTS) is 1. The molecule has 8 rings (SSSR count). The first-order valence-corrected chi connectivity index (χ1v) is 18.7. The lowest BCUT2D eigenvalue weighted by atomic mass is 10.1. The number of hydrogen-bond donors (Lipinski definition) is 3. The van der Waals surface area contributed by atoms with Crippen molar-refractivity contribution in [1.29, 1.82) is 0 Å². The molecule has 0 bridgehead atoms. The average Bonchev–Trinajstić information content (AvgIpc) is 3.20. The molecule has 0 unspecified atom stereocenters. The number of alkyl halides is 3. The average molecular weight is 795 g/mol. The number of hydrogen-bond acceptors (Lipinski definition) is 10. The quantitative estimate of drug-likeness (QED) is 0.125. The molecule has 3 aromatic heterocycles. The number of pyridine rings is 3. The van der Waals surface area contributed by atoms with Gasteiger partial charge >= 0.3 is 12.1 Å². The van der Waals surface area contributed by atoms with Crippen molar-refractivity contribution in [3.8, 4) is 5.88 Å². The lowest BCUT2D eigenvalue weighted by molar-refractivity contribution is -0.192. The van der Waals surface area contributed by atoms with Crippen LogP contribution in [0.5, 0.6) is 5.88 Å². The van der Waals surface area contributed by atoms with Crippen molar-refractivity contribution in [1.82, 2.24) is 25.2 Å². The molecular weight excluding hydrogens is 751 g/mol. The maximum atomic E-state index is 13.5. The fourth-order valence-corrected chi connectivity index (χ4v) is 6.75. The van der Waals surface area contributed by atoms with Crippen molar-refractivity contribution in [3.05, 3.63) is 90.3 Å². The van der Waals surface area contributed by atoms with Gasteiger partial charge in [-0.3, -0.25) is 9.69 Å². The Bertz CT molecular complexity index is 2160. The van der Waals surface area contributed by atoms with Gasteiger partial charge < -0.3 is 30.3 Å². The van der Waals surface area contributed by atoms with Gasteiger partial charge in [0.15, 0.2) is 0 Å². The zero-order valence-corrected chi connectivity index (χ0v) is 31.1. The van der Waals surface area contributed by atoms with Gasteiger partial charge in [0.1, 0.15) is 29.1 Å². The zero-order chi connectivity index (χ0) is 40.4. The molecule has 57 heavy (non-hydrogen) atoms. The van der Waals surface area contributed by atoms with Crippen LogP contribution in [0.2, 0.25) is 0 Å². The van der Waals surface area contributed by atoms with Crippen LogP contribution < -0.4 is 25.2 Å². The van der Waals surface area contributed by atoms with Crippen LogP contribution >= 0.6 is 0 Å². The van der Waals surface area contributed by atoms with Crippen molar-refractivity contribution < 1.29 is 41.4 Å². The molecule has 302 valence electrons. The molecule has 3 aliphatic heterocycles. The number of nitrogens with zero attached hydrogens (tertiary/aromatic N) is 6. The highest BCUT2D eigenvalue weighted by Crippen LogP contribution is 2.27. The first kappa shape index (κ1) is 41.0. The van der Waals surface area contributed by atoms with Gasteiger partial charge in [-0.25, -0.2) is 23.5 Å². The van der Waals surface area contributed by atoms with Crippen molar-refractivity contribution in [2.24, 2.45) is 0 Å². The number of halogens is 5. The van der Waals surface area contributed by atoms with Crippen LogP contribution in [-0.4, -0.2) is 109 Å². The lowest BCUT2D eigenvalue weighted by Crippen LogP contribution is -2.47. The second-order valence-corrected chi connectivity index (χ2v) is 13.6. The summed E-state index contributed by atoms with van der Waals surface area (Å²) in [6.07, 6.45) is 1.67. The summed E-state index contributed by atoms with van der Waals surface area (Å²) in [6, 6.07) is 17.3. The Morgan fingerprint density at radius 2 is 1.35 bits per heavy atom. The topological polar surface area (TPSA) is 136 Å². The Hall–Kier alpha value is -5.68. The number of unbranched alkanes of at least 4 members (excludes halogenated alkanes) is 1. The maximum absolute atomic E-state index is 13.5. The number of carbonyl (C=O) groups is 2. The number of anilines is 3. The highest BCUT2D eigenvalue weighted by molar-refractivity contribution is 5.94. The number of benzene rings is 2. The summed E-state index contributed by atoms with van der Waals surface area (Å²) in [7, 11) is 0. The smallest absolute Gasteiger partial charge is 0.478 e. The molecule has 17 heteroatoms. The van der Waals surface area contributed by atoms with Gasteiger partial charge in [-0.1, -0.05) is 0 Å². The van der Waals surface area contributed by atoms with E-state index in [2.05, 4.69) is 40.3 Å². The number of ether oxygens (including phenoxy) is 1. The Morgan fingerprint density at radius 3 is 1.93 bits per heavy atom. The third kappa shape index (κ3) is 11.2. The van der Waals surface area contributed by atoms with Crippen LogP contribution in [0.15, 0.2) is 73.1 Å². The Morgan fingerprint density at radius 1 is 0.772 bits per heavy atom. The fraction of sp³-hybridized carbons (Fsp3) is 0.375. The molecule has 0 atom stereocenters. The van der Waals surface area contributed by atoms with E-state index in [1.54, 1.807) is 24.5 Å². The largest absolute Gasteiger partial charge is 0.490 e. The molecule has 1 amide bonds. The molecule has 0 aliphatic carbocycles. The number of fused-ring (bicyclic) bond motifs is 3. The molecule has 3 N–H and O–H groups in total. The molecular formula is C40H43F5N8O4. The Labute approximate surface area is 325 Å². The molecule has 12 nitrogen and oxygen atoms in total. The van der Waals surface area contributed by atoms with E-state index in [4.69, 9.17) is 14.6 Å². The number of carbonyl (C=O) groups excluding carboxylic acids is 1. The second kappa shape index (κ2) is 19.0. The highest BCUT2D eigenvalue weighted by Gasteiger charge is 2.38. The number of amides is 1. The summed E-state index contributed by atoms with van der Waals surface area (Å²) < 4.78 is 64.2. The fourth-order valence-electron chi connectivity index (χ4n) is 6.75. The van der Waals surface area contributed by atoms with Crippen LogP contribution in [-0.2, 0) is 16.0 Å². The number of rotatable bonds is 8. The Kier molecular flexibility index (Phi) is 13.6. The molecule has 0 radical (unpaired) electrons. The number of piperazine rings is 2. The summed E-state index contributed by atoms with van der Waals surface area (Å²) >= 11 is 0. The van der Waals surface area contributed by atoms with E-state index in [9.17, 15) is 26.7 Å². The SMILES string of the molecule is Fc1ccc2c(N3CCNCC3)nccc2c1.O=C(O)C(F)(F)F.O=C1CCc2ccc(OCCCCN3CCN(c4nccc5cc(F)ccc45)CC3)nc2N1. The van der Waals surface area contributed by atoms with Gasteiger partial charge in [-0.2, -0.15) is 18.2 Å². The standard InChI is InChI=1S/C25H28FN5O2.C13H14FN3.C2HF3O2/c26-20-5-6-21-19(17-20)9-10-27-25(21)31-14-12-30(13-15-31)11-1-2-16-33-23-8-4-18-3-7-22(32)28-24(18)29-23;14-11-1-2-12-10(9-11)3-4-16-13(12)17-7-5-15-6-8-17;3-2(4,5)1(6)7/h4-6,8-10,17H,1-3,7,11-16H2,(H,28,29,32);1-4,9,15H,5-8H2;(H,6,7). The van der Waals surface area contributed by atoms with Crippen molar-refractivity contribution in [2.75, 3.05) is 80.6 Å². The van der Waals surface area contributed by atoms with E-state index < -0.39 is 12.1 Å². The molecule has 0 spiro atoms. The molecule has 5 aromatic rings. The monoisotopic (exact) mass is 794 g/mol. The van der Waals surface area contributed by atoms with Crippen LogP contribution in [0.25, 0.3) is 21.5 Å². The molecule has 3 aliphatic rings. The highest BCUT2D eigenvalue weighted by atomic mass is 19.4. The minimum absolute atomic E-state index is 0.0115. The lowest BCUT2D eigenvalue weighted by Gasteiger charge is -2.35. The normalized spacial score (nSPS) is 15.8. The van der Waals surface area contributed by atoms with Crippen LogP contribution in [0.4, 0.5) is 39.4 Å². The van der Waals surface area contributed by atoms with Gasteiger partial charge in [0.25, 0.3) is 0 Å². The number of carboxylic acids is 1. The van der Waals surface area contributed by atoms with Gasteiger partial charge in [-0.05, 0) is 96.7 Å². The predicted molar refractivity (Wildman–Crippen MR) is 207 cm³/mol. The summed E-state index contributed by atoms with van der Waals surface area (Å²) in [5.41, 5.74) is 1.06. The van der Waals surface area contributed by atoms with E-state index in [0.29, 0.717) is 24.7 Å². The summed E-state index contributed by atoms with van der Waals surface area (Å²) in [4.78, 5) is 40.9. The van der Waals surface area contributed by atoms with E-state index in [0.717, 1.165) is 117 Å². The van der Waals surface area contributed by atoms with Crippen molar-refractivity contribution >= 4 is 50.9 Å². The first-order chi connectivity index (χ1) is 27.4. The third-order valence-corrected chi connectivity index (χ3v) is 9.69. The minimum Gasteiger partial charge on any atom is -0.478 e. The van der Waals surface area contributed by atoms with Crippen LogP contribution in [0.3, 0.4) is 0 Å². The van der Waals surface area contributed by atoms with Crippen molar-refractivity contribution in [3.63, 3.8) is 0 Å². The Balaban J connectivity index is 0.000000189. The number of aromatic nitrogens is 3. The van der Waals surface area contributed by atoms with Crippen LogP contribution in [0.1, 0.15) is 24.8 Å². The van der Waals surface area contributed by atoms with Gasteiger partial charge in [0.05, 0.1) is 6.61 Å². The van der Waals surface area contributed by atoms with Gasteiger partial charge in [-0.15, -0.1) is 0 Å². The molecule has 0 saturated carbocycles. The maximum Gasteiger partial charge on any atom is 0.490 e. The predicted octanol–water partition coefficient (Wildman–Crippen LogP) is 6.05.